The SMILES string of the molecule is CC/N=C(\C)c1ccccc1F. The van der Waals surface area contributed by atoms with Crippen LogP contribution >= 0.6 is 0 Å². The van der Waals surface area contributed by atoms with Gasteiger partial charge in [-0.05, 0) is 19.9 Å². The third-order valence-electron chi connectivity index (χ3n) is 1.66. The molecule has 0 aliphatic carbocycles. The minimum Gasteiger partial charge on any atom is -0.290 e. The van der Waals surface area contributed by atoms with Gasteiger partial charge in [-0.2, -0.15) is 0 Å². The van der Waals surface area contributed by atoms with E-state index in [1.54, 1.807) is 12.1 Å². The Hall–Kier alpha value is -1.18. The van der Waals surface area contributed by atoms with Gasteiger partial charge >= 0.3 is 0 Å². The van der Waals surface area contributed by atoms with E-state index in [1.165, 1.54) is 6.07 Å². The van der Waals surface area contributed by atoms with Crippen molar-refractivity contribution in [3.63, 3.8) is 0 Å². The van der Waals surface area contributed by atoms with Crippen molar-refractivity contribution in [3.8, 4) is 0 Å². The minimum atomic E-state index is -0.202. The Morgan fingerprint density at radius 2 is 2.08 bits per heavy atom. The van der Waals surface area contributed by atoms with E-state index in [0.29, 0.717) is 12.1 Å². The van der Waals surface area contributed by atoms with E-state index in [0.717, 1.165) is 5.71 Å². The van der Waals surface area contributed by atoms with Crippen molar-refractivity contribution < 1.29 is 4.39 Å². The highest BCUT2D eigenvalue weighted by atomic mass is 19.1. The van der Waals surface area contributed by atoms with E-state index < -0.39 is 0 Å². The zero-order valence-corrected chi connectivity index (χ0v) is 7.34. The van der Waals surface area contributed by atoms with Gasteiger partial charge in [-0.3, -0.25) is 4.99 Å². The van der Waals surface area contributed by atoms with Crippen LogP contribution in [0.25, 0.3) is 0 Å². The van der Waals surface area contributed by atoms with Gasteiger partial charge in [0.2, 0.25) is 0 Å². The molecule has 0 atom stereocenters. The van der Waals surface area contributed by atoms with Gasteiger partial charge in [-0.25, -0.2) is 4.39 Å². The van der Waals surface area contributed by atoms with Gasteiger partial charge < -0.3 is 0 Å². The van der Waals surface area contributed by atoms with E-state index in [2.05, 4.69) is 4.99 Å². The highest BCUT2D eigenvalue weighted by molar-refractivity contribution is 5.98. The normalized spacial score (nSPS) is 11.8. The molecule has 0 aliphatic rings. The summed E-state index contributed by atoms with van der Waals surface area (Å²) in [6.45, 7) is 4.45. The molecule has 0 spiro atoms. The van der Waals surface area contributed by atoms with Crippen LogP contribution in [0.5, 0.6) is 0 Å². The summed E-state index contributed by atoms with van der Waals surface area (Å²) in [5, 5.41) is 0. The summed E-state index contributed by atoms with van der Waals surface area (Å²) >= 11 is 0. The maximum absolute atomic E-state index is 13.1. The fraction of sp³-hybridized carbons (Fsp3) is 0.300. The number of hydrogen-bond acceptors (Lipinski definition) is 1. The average molecular weight is 165 g/mol. The predicted molar refractivity (Wildman–Crippen MR) is 49.2 cm³/mol. The van der Waals surface area contributed by atoms with Crippen molar-refractivity contribution in [3.05, 3.63) is 35.6 Å². The van der Waals surface area contributed by atoms with Crippen LogP contribution in [0.4, 0.5) is 4.39 Å². The summed E-state index contributed by atoms with van der Waals surface area (Å²) in [6, 6.07) is 6.68. The molecule has 0 saturated carbocycles. The van der Waals surface area contributed by atoms with Crippen LogP contribution < -0.4 is 0 Å². The first-order chi connectivity index (χ1) is 5.75. The standard InChI is InChI=1S/C10H12FN/c1-3-12-8(2)9-6-4-5-7-10(9)11/h4-7H,3H2,1-2H3/b12-8+. The Bertz CT molecular complexity index is 292. The van der Waals surface area contributed by atoms with Crippen LogP contribution in [0.3, 0.4) is 0 Å². The maximum atomic E-state index is 13.1. The first kappa shape index (κ1) is 8.91. The Balaban J connectivity index is 3.02. The van der Waals surface area contributed by atoms with Gasteiger partial charge in [0.1, 0.15) is 5.82 Å². The van der Waals surface area contributed by atoms with E-state index >= 15 is 0 Å². The number of aliphatic imine (C=N–C) groups is 1. The molecular weight excluding hydrogens is 153 g/mol. The molecule has 0 aliphatic heterocycles. The van der Waals surface area contributed by atoms with Gasteiger partial charge in [0.05, 0.1) is 0 Å². The van der Waals surface area contributed by atoms with Crippen LogP contribution in [0.15, 0.2) is 29.3 Å². The van der Waals surface area contributed by atoms with E-state index in [-0.39, 0.29) is 5.82 Å². The van der Waals surface area contributed by atoms with Crippen LogP contribution in [0.2, 0.25) is 0 Å². The molecule has 64 valence electrons. The number of halogens is 1. The van der Waals surface area contributed by atoms with Gasteiger partial charge in [-0.15, -0.1) is 0 Å². The Kier molecular flexibility index (Phi) is 2.97. The second-order valence-corrected chi connectivity index (χ2v) is 2.54. The van der Waals surface area contributed by atoms with Crippen molar-refractivity contribution in [2.24, 2.45) is 4.99 Å². The third-order valence-corrected chi connectivity index (χ3v) is 1.66. The molecule has 12 heavy (non-hydrogen) atoms. The molecule has 0 fully saturated rings. The van der Waals surface area contributed by atoms with Crippen molar-refractivity contribution in [2.45, 2.75) is 13.8 Å². The van der Waals surface area contributed by atoms with Gasteiger partial charge in [0, 0.05) is 17.8 Å². The zero-order chi connectivity index (χ0) is 8.97. The summed E-state index contributed by atoms with van der Waals surface area (Å²) in [5.74, 6) is -0.202. The Morgan fingerprint density at radius 3 is 2.67 bits per heavy atom. The predicted octanol–water partition coefficient (Wildman–Crippen LogP) is 2.65. The summed E-state index contributed by atoms with van der Waals surface area (Å²) in [5.41, 5.74) is 1.36. The van der Waals surface area contributed by atoms with Crippen LogP contribution in [0.1, 0.15) is 19.4 Å². The molecule has 0 N–H and O–H groups in total. The van der Waals surface area contributed by atoms with Crippen molar-refractivity contribution in [1.82, 2.24) is 0 Å². The lowest BCUT2D eigenvalue weighted by Crippen LogP contribution is -1.98. The minimum absolute atomic E-state index is 0.202. The molecule has 0 amide bonds. The monoisotopic (exact) mass is 165 g/mol. The maximum Gasteiger partial charge on any atom is 0.132 e. The molecule has 0 saturated heterocycles. The quantitative estimate of drug-likeness (QED) is 0.597. The fourth-order valence-electron chi connectivity index (χ4n) is 1.08. The van der Waals surface area contributed by atoms with E-state index in [9.17, 15) is 4.39 Å². The first-order valence-corrected chi connectivity index (χ1v) is 4.01. The molecular formula is C10H12FN. The molecule has 1 aromatic carbocycles. The summed E-state index contributed by atoms with van der Waals surface area (Å²) in [6.07, 6.45) is 0. The fourth-order valence-corrected chi connectivity index (χ4v) is 1.08. The number of hydrogen-bond donors (Lipinski definition) is 0. The Morgan fingerprint density at radius 1 is 1.42 bits per heavy atom. The summed E-state index contributed by atoms with van der Waals surface area (Å²) in [4.78, 5) is 4.13. The molecule has 2 heteroatoms. The molecule has 0 radical (unpaired) electrons. The second kappa shape index (κ2) is 4.00. The number of nitrogens with zero attached hydrogens (tertiary/aromatic N) is 1. The average Bonchev–Trinajstić information content (AvgIpc) is 2.05. The Labute approximate surface area is 72.0 Å². The van der Waals surface area contributed by atoms with Crippen molar-refractivity contribution in [1.29, 1.82) is 0 Å². The van der Waals surface area contributed by atoms with Crippen molar-refractivity contribution >= 4 is 5.71 Å². The van der Waals surface area contributed by atoms with Crippen molar-refractivity contribution in [2.75, 3.05) is 6.54 Å². The third kappa shape index (κ3) is 1.91. The second-order valence-electron chi connectivity index (χ2n) is 2.54. The topological polar surface area (TPSA) is 12.4 Å². The van der Waals surface area contributed by atoms with Gasteiger partial charge in [0.15, 0.2) is 0 Å². The molecule has 0 aromatic heterocycles. The summed E-state index contributed by atoms with van der Waals surface area (Å²) < 4.78 is 13.1. The molecule has 1 rings (SSSR count). The molecule has 0 heterocycles. The van der Waals surface area contributed by atoms with Crippen LogP contribution in [0, 0.1) is 5.82 Å². The molecule has 0 unspecified atom stereocenters. The lowest BCUT2D eigenvalue weighted by Gasteiger charge is -2.00. The van der Waals surface area contributed by atoms with E-state index in [1.807, 2.05) is 19.9 Å². The van der Waals surface area contributed by atoms with Gasteiger partial charge in [0.25, 0.3) is 0 Å². The number of rotatable bonds is 2. The van der Waals surface area contributed by atoms with Gasteiger partial charge in [-0.1, -0.05) is 18.2 Å². The highest BCUT2D eigenvalue weighted by Crippen LogP contribution is 2.07. The van der Waals surface area contributed by atoms with E-state index in [4.69, 9.17) is 0 Å². The lowest BCUT2D eigenvalue weighted by molar-refractivity contribution is 0.625. The number of benzene rings is 1. The molecule has 0 bridgehead atoms. The highest BCUT2D eigenvalue weighted by Gasteiger charge is 2.01. The smallest absolute Gasteiger partial charge is 0.132 e. The first-order valence-electron chi connectivity index (χ1n) is 4.01. The summed E-state index contributed by atoms with van der Waals surface area (Å²) in [7, 11) is 0. The largest absolute Gasteiger partial charge is 0.290 e. The van der Waals surface area contributed by atoms with Crippen LogP contribution in [-0.4, -0.2) is 12.3 Å². The lowest BCUT2D eigenvalue weighted by atomic mass is 10.1. The molecule has 1 aromatic rings. The molecule has 1 nitrogen and oxygen atoms in total. The van der Waals surface area contributed by atoms with Crippen LogP contribution in [-0.2, 0) is 0 Å². The zero-order valence-electron chi connectivity index (χ0n) is 7.34.